The maximum atomic E-state index is 13.1. The highest BCUT2D eigenvalue weighted by molar-refractivity contribution is 5.90. The quantitative estimate of drug-likeness (QED) is 0.692. The summed E-state index contributed by atoms with van der Waals surface area (Å²) >= 11 is 0. The van der Waals surface area contributed by atoms with E-state index in [0.717, 1.165) is 45.0 Å². The summed E-state index contributed by atoms with van der Waals surface area (Å²) in [5.41, 5.74) is 2.40. The Bertz CT molecular complexity index is 997. The van der Waals surface area contributed by atoms with Gasteiger partial charge < -0.3 is 14.6 Å². The van der Waals surface area contributed by atoms with E-state index in [2.05, 4.69) is 20.4 Å². The predicted octanol–water partition coefficient (Wildman–Crippen LogP) is 3.96. The zero-order valence-corrected chi connectivity index (χ0v) is 15.9. The molecule has 1 saturated heterocycles. The van der Waals surface area contributed by atoms with Crippen LogP contribution in [0.5, 0.6) is 0 Å². The van der Waals surface area contributed by atoms with Crippen LogP contribution in [0.15, 0.2) is 34.9 Å². The first-order valence-electron chi connectivity index (χ1n) is 9.40. The van der Waals surface area contributed by atoms with Gasteiger partial charge in [0.2, 0.25) is 5.58 Å². The summed E-state index contributed by atoms with van der Waals surface area (Å²) in [5.74, 6) is 0. The predicted molar refractivity (Wildman–Crippen MR) is 103 cm³/mol. The van der Waals surface area contributed by atoms with Crippen LogP contribution in [0.4, 0.5) is 18.9 Å². The van der Waals surface area contributed by atoms with E-state index in [1.54, 1.807) is 19.1 Å². The highest BCUT2D eigenvalue weighted by Crippen LogP contribution is 2.34. The van der Waals surface area contributed by atoms with Crippen LogP contribution in [0, 0.1) is 6.92 Å². The summed E-state index contributed by atoms with van der Waals surface area (Å²) in [7, 11) is 0. The molecule has 1 N–H and O–H groups in total. The molecule has 9 heteroatoms. The Balaban J connectivity index is 1.63. The lowest BCUT2D eigenvalue weighted by Gasteiger charge is -2.26. The molecule has 0 amide bonds. The van der Waals surface area contributed by atoms with Crippen LogP contribution in [0.2, 0.25) is 0 Å². The number of benzene rings is 1. The van der Waals surface area contributed by atoms with Crippen molar-refractivity contribution in [1.29, 1.82) is 0 Å². The number of ether oxygens (including phenoxy) is 1. The van der Waals surface area contributed by atoms with Crippen LogP contribution in [-0.2, 0) is 10.9 Å². The molecule has 3 heterocycles. The normalized spacial score (nSPS) is 15.7. The summed E-state index contributed by atoms with van der Waals surface area (Å²) in [5, 5.41) is 7.29. The average Bonchev–Trinajstić information content (AvgIpc) is 3.09. The van der Waals surface area contributed by atoms with Crippen LogP contribution in [0.25, 0.3) is 22.4 Å². The highest BCUT2D eigenvalue weighted by atomic mass is 19.4. The van der Waals surface area contributed by atoms with Gasteiger partial charge in [-0.1, -0.05) is 17.3 Å². The molecule has 1 aromatic carbocycles. The van der Waals surface area contributed by atoms with Crippen molar-refractivity contribution in [1.82, 2.24) is 15.0 Å². The van der Waals surface area contributed by atoms with Gasteiger partial charge in [-0.05, 0) is 25.1 Å². The number of morpholine rings is 1. The van der Waals surface area contributed by atoms with Gasteiger partial charge in [0.15, 0.2) is 0 Å². The molecule has 0 saturated carbocycles. The number of aromatic nitrogens is 2. The van der Waals surface area contributed by atoms with Crippen LogP contribution in [-0.4, -0.2) is 54.4 Å². The fourth-order valence-electron chi connectivity index (χ4n) is 3.34. The number of hydrogen-bond acceptors (Lipinski definition) is 6. The number of halogens is 3. The fourth-order valence-corrected chi connectivity index (χ4v) is 3.34. The molecule has 29 heavy (non-hydrogen) atoms. The third kappa shape index (κ3) is 4.35. The second-order valence-corrected chi connectivity index (χ2v) is 6.96. The van der Waals surface area contributed by atoms with E-state index < -0.39 is 11.7 Å². The topological polar surface area (TPSA) is 63.4 Å². The van der Waals surface area contributed by atoms with Crippen LogP contribution >= 0.6 is 0 Å². The van der Waals surface area contributed by atoms with Gasteiger partial charge in [0, 0.05) is 31.7 Å². The minimum Gasteiger partial charge on any atom is -0.381 e. The molecule has 0 radical (unpaired) electrons. The van der Waals surface area contributed by atoms with Gasteiger partial charge in [-0.3, -0.25) is 4.90 Å². The van der Waals surface area contributed by atoms with E-state index >= 15 is 0 Å². The number of pyridine rings is 1. The first-order valence-corrected chi connectivity index (χ1v) is 9.40. The monoisotopic (exact) mass is 406 g/mol. The maximum absolute atomic E-state index is 13.1. The number of aryl methyl sites for hydroxylation is 1. The zero-order chi connectivity index (χ0) is 20.4. The molecule has 4 rings (SSSR count). The lowest BCUT2D eigenvalue weighted by atomic mass is 10.1. The molecule has 0 unspecified atom stereocenters. The first-order chi connectivity index (χ1) is 13.9. The Morgan fingerprint density at radius 1 is 1.17 bits per heavy atom. The average molecular weight is 406 g/mol. The third-order valence-electron chi connectivity index (χ3n) is 4.92. The van der Waals surface area contributed by atoms with E-state index in [4.69, 9.17) is 9.26 Å². The molecule has 3 aromatic rings. The summed E-state index contributed by atoms with van der Waals surface area (Å²) < 4.78 is 50.1. The van der Waals surface area contributed by atoms with Crippen LogP contribution in [0.3, 0.4) is 0 Å². The molecular formula is C20H21F3N4O2. The van der Waals surface area contributed by atoms with Gasteiger partial charge in [0.1, 0.15) is 11.2 Å². The highest BCUT2D eigenvalue weighted by Gasteiger charge is 2.30. The van der Waals surface area contributed by atoms with Gasteiger partial charge in [0.25, 0.3) is 0 Å². The van der Waals surface area contributed by atoms with Crippen molar-refractivity contribution < 1.29 is 22.4 Å². The van der Waals surface area contributed by atoms with Crippen LogP contribution < -0.4 is 5.32 Å². The van der Waals surface area contributed by atoms with Gasteiger partial charge in [-0.2, -0.15) is 13.2 Å². The van der Waals surface area contributed by atoms with E-state index in [1.165, 1.54) is 6.07 Å². The molecule has 0 atom stereocenters. The number of fused-ring (bicyclic) bond motifs is 1. The van der Waals surface area contributed by atoms with E-state index in [9.17, 15) is 13.2 Å². The van der Waals surface area contributed by atoms with Crippen LogP contribution in [0.1, 0.15) is 11.3 Å². The van der Waals surface area contributed by atoms with E-state index in [1.807, 2.05) is 0 Å². The molecule has 0 bridgehead atoms. The molecule has 0 spiro atoms. The minimum atomic E-state index is -4.41. The SMILES string of the molecule is Cc1noc2c(NCCN3CCOCC3)cc(-c3cccc(C(F)(F)F)c3)nc12. The number of nitrogens with zero attached hydrogens (tertiary/aromatic N) is 3. The summed E-state index contributed by atoms with van der Waals surface area (Å²) in [6.07, 6.45) is -4.41. The molecule has 0 aliphatic carbocycles. The molecule has 1 aliphatic rings. The van der Waals surface area contributed by atoms with E-state index in [0.29, 0.717) is 40.3 Å². The second kappa shape index (κ2) is 8.00. The Hall–Kier alpha value is -2.65. The van der Waals surface area contributed by atoms with Gasteiger partial charge in [-0.15, -0.1) is 0 Å². The van der Waals surface area contributed by atoms with Crippen molar-refractivity contribution in [3.63, 3.8) is 0 Å². The number of alkyl halides is 3. The van der Waals surface area contributed by atoms with E-state index in [-0.39, 0.29) is 0 Å². The lowest BCUT2D eigenvalue weighted by molar-refractivity contribution is -0.137. The number of anilines is 1. The van der Waals surface area contributed by atoms with Gasteiger partial charge >= 0.3 is 6.18 Å². The smallest absolute Gasteiger partial charge is 0.381 e. The van der Waals surface area contributed by atoms with Crippen molar-refractivity contribution in [2.24, 2.45) is 0 Å². The summed E-state index contributed by atoms with van der Waals surface area (Å²) in [4.78, 5) is 6.78. The summed E-state index contributed by atoms with van der Waals surface area (Å²) in [6.45, 7) is 6.43. The maximum Gasteiger partial charge on any atom is 0.416 e. The third-order valence-corrected chi connectivity index (χ3v) is 4.92. The lowest BCUT2D eigenvalue weighted by Crippen LogP contribution is -2.39. The first kappa shape index (κ1) is 19.7. The van der Waals surface area contributed by atoms with Crippen molar-refractivity contribution in [3.05, 3.63) is 41.6 Å². The molecule has 1 fully saturated rings. The Morgan fingerprint density at radius 2 is 1.97 bits per heavy atom. The van der Waals surface area contributed by atoms with Crippen molar-refractivity contribution in [3.8, 4) is 11.3 Å². The minimum absolute atomic E-state index is 0.388. The molecule has 2 aromatic heterocycles. The molecule has 1 aliphatic heterocycles. The number of nitrogens with one attached hydrogen (secondary N) is 1. The van der Waals surface area contributed by atoms with Gasteiger partial charge in [0.05, 0.1) is 30.2 Å². The molecule has 154 valence electrons. The van der Waals surface area contributed by atoms with Crippen molar-refractivity contribution in [2.75, 3.05) is 44.7 Å². The Kier molecular flexibility index (Phi) is 5.42. The standard InChI is InChI=1S/C20H21F3N4O2/c1-13-18-19(29-26-13)17(24-5-6-27-7-9-28-10-8-27)12-16(25-18)14-3-2-4-15(11-14)20(21,22)23/h2-4,11-12H,5-10H2,1H3,(H,24,25). The largest absolute Gasteiger partial charge is 0.416 e. The van der Waals surface area contributed by atoms with Crippen molar-refractivity contribution >= 4 is 16.8 Å². The molecule has 6 nitrogen and oxygen atoms in total. The molecular weight excluding hydrogens is 385 g/mol. The Morgan fingerprint density at radius 3 is 2.72 bits per heavy atom. The zero-order valence-electron chi connectivity index (χ0n) is 15.9. The Labute approximate surface area is 165 Å². The second-order valence-electron chi connectivity index (χ2n) is 6.96. The van der Waals surface area contributed by atoms with Crippen molar-refractivity contribution in [2.45, 2.75) is 13.1 Å². The summed E-state index contributed by atoms with van der Waals surface area (Å²) in [6, 6.07) is 6.87. The number of rotatable bonds is 5. The fraction of sp³-hybridized carbons (Fsp3) is 0.400. The van der Waals surface area contributed by atoms with Gasteiger partial charge in [-0.25, -0.2) is 4.98 Å². The number of hydrogen-bond donors (Lipinski definition) is 1.